The lowest BCUT2D eigenvalue weighted by Crippen LogP contribution is -2.39. The fourth-order valence-corrected chi connectivity index (χ4v) is 5.32. The number of aromatic nitrogens is 3. The zero-order valence-corrected chi connectivity index (χ0v) is 17.5. The summed E-state index contributed by atoms with van der Waals surface area (Å²) in [6.45, 7) is 3.51. The molecular formula is C21H29N5OS. The summed E-state index contributed by atoms with van der Waals surface area (Å²) in [4.78, 5) is 22.0. The van der Waals surface area contributed by atoms with Crippen LogP contribution in [0.5, 0.6) is 0 Å². The molecule has 3 heterocycles. The van der Waals surface area contributed by atoms with Gasteiger partial charge in [0.05, 0.1) is 17.7 Å². The number of fused-ring (bicyclic) bond motifs is 1. The smallest absolute Gasteiger partial charge is 0.274 e. The van der Waals surface area contributed by atoms with E-state index in [1.165, 1.54) is 49.8 Å². The largest absolute Gasteiger partial charge is 0.334 e. The molecule has 6 nitrogen and oxygen atoms in total. The lowest BCUT2D eigenvalue weighted by Gasteiger charge is -2.33. The highest BCUT2D eigenvalue weighted by molar-refractivity contribution is 7.07. The van der Waals surface area contributed by atoms with Gasteiger partial charge in [-0.1, -0.05) is 12.8 Å². The van der Waals surface area contributed by atoms with Crippen molar-refractivity contribution >= 4 is 17.2 Å². The highest BCUT2D eigenvalue weighted by atomic mass is 32.1. The van der Waals surface area contributed by atoms with Crippen molar-refractivity contribution in [2.45, 2.75) is 70.6 Å². The van der Waals surface area contributed by atoms with E-state index < -0.39 is 0 Å². The van der Waals surface area contributed by atoms with Crippen LogP contribution in [0, 0.1) is 5.92 Å². The molecule has 2 saturated carbocycles. The van der Waals surface area contributed by atoms with Crippen molar-refractivity contribution in [3.05, 3.63) is 33.5 Å². The third-order valence-electron chi connectivity index (χ3n) is 6.56. The number of amides is 1. The third-order valence-corrected chi connectivity index (χ3v) is 7.20. The molecule has 3 aliphatic rings. The van der Waals surface area contributed by atoms with Crippen molar-refractivity contribution in [3.63, 3.8) is 0 Å². The SMILES string of the molecule is CN(Cc1cscn1)C(=O)c1nn(CC2CC2)c2c1CN(C1CCCC1)CC2. The first-order valence-corrected chi connectivity index (χ1v) is 11.6. The second-order valence-corrected chi connectivity index (χ2v) is 9.42. The molecule has 7 heteroatoms. The Hall–Kier alpha value is -1.73. The van der Waals surface area contributed by atoms with Gasteiger partial charge in [-0.15, -0.1) is 11.3 Å². The summed E-state index contributed by atoms with van der Waals surface area (Å²) in [5, 5.41) is 6.87. The van der Waals surface area contributed by atoms with Crippen LogP contribution in [0.2, 0.25) is 0 Å². The fraction of sp³-hybridized carbons (Fsp3) is 0.667. The Bertz CT molecular complexity index is 835. The van der Waals surface area contributed by atoms with Gasteiger partial charge in [0.1, 0.15) is 0 Å². The summed E-state index contributed by atoms with van der Waals surface area (Å²) in [7, 11) is 1.87. The van der Waals surface area contributed by atoms with Crippen molar-refractivity contribution < 1.29 is 4.79 Å². The van der Waals surface area contributed by atoms with Crippen LogP contribution < -0.4 is 0 Å². The fourth-order valence-electron chi connectivity index (χ4n) is 4.77. The number of rotatable bonds is 6. The average Bonchev–Trinajstić information content (AvgIpc) is 3.10. The molecule has 28 heavy (non-hydrogen) atoms. The minimum atomic E-state index is 0.0343. The summed E-state index contributed by atoms with van der Waals surface area (Å²) in [6, 6.07) is 0.690. The summed E-state index contributed by atoms with van der Waals surface area (Å²) in [6.07, 6.45) is 8.92. The number of hydrogen-bond acceptors (Lipinski definition) is 5. The predicted octanol–water partition coefficient (Wildman–Crippen LogP) is 3.32. The van der Waals surface area contributed by atoms with Gasteiger partial charge in [-0.05, 0) is 31.6 Å². The van der Waals surface area contributed by atoms with Crippen LogP contribution in [-0.2, 0) is 26.1 Å². The topological polar surface area (TPSA) is 54.3 Å². The van der Waals surface area contributed by atoms with E-state index in [1.807, 2.05) is 17.9 Å². The van der Waals surface area contributed by atoms with E-state index in [2.05, 4.69) is 14.6 Å². The van der Waals surface area contributed by atoms with Crippen LogP contribution in [-0.4, -0.2) is 50.1 Å². The van der Waals surface area contributed by atoms with Crippen LogP contribution in [0.15, 0.2) is 10.9 Å². The van der Waals surface area contributed by atoms with E-state index in [0.29, 0.717) is 18.3 Å². The monoisotopic (exact) mass is 399 g/mol. The standard InChI is InChI=1S/C21H29N5OS/c1-24(11-16-13-28-14-22-16)21(27)20-18-12-25(17-4-2-3-5-17)9-8-19(18)26(23-20)10-15-6-7-15/h13-15,17H,2-12H2,1H3. The van der Waals surface area contributed by atoms with Gasteiger partial charge in [0.25, 0.3) is 5.91 Å². The minimum absolute atomic E-state index is 0.0343. The number of hydrogen-bond donors (Lipinski definition) is 0. The Morgan fingerprint density at radius 2 is 2.11 bits per heavy atom. The normalized spacial score (nSPS) is 20.5. The molecule has 0 saturated heterocycles. The molecular weight excluding hydrogens is 370 g/mol. The molecule has 0 radical (unpaired) electrons. The quantitative estimate of drug-likeness (QED) is 0.748. The minimum Gasteiger partial charge on any atom is -0.334 e. The van der Waals surface area contributed by atoms with Gasteiger partial charge >= 0.3 is 0 Å². The molecule has 2 aliphatic carbocycles. The number of carbonyl (C=O) groups excluding carboxylic acids is 1. The van der Waals surface area contributed by atoms with Gasteiger partial charge in [-0.25, -0.2) is 4.98 Å². The Balaban J connectivity index is 1.41. The average molecular weight is 400 g/mol. The van der Waals surface area contributed by atoms with Gasteiger partial charge in [-0.2, -0.15) is 5.10 Å². The van der Waals surface area contributed by atoms with Crippen LogP contribution in [0.1, 0.15) is 66.0 Å². The Kier molecular flexibility index (Phi) is 4.97. The van der Waals surface area contributed by atoms with Crippen molar-refractivity contribution in [1.82, 2.24) is 24.6 Å². The molecule has 1 aliphatic heterocycles. The maximum absolute atomic E-state index is 13.3. The maximum Gasteiger partial charge on any atom is 0.274 e. The van der Waals surface area contributed by atoms with E-state index >= 15 is 0 Å². The second kappa shape index (κ2) is 7.59. The first-order valence-electron chi connectivity index (χ1n) is 10.6. The van der Waals surface area contributed by atoms with E-state index in [0.717, 1.165) is 37.7 Å². The van der Waals surface area contributed by atoms with Crippen LogP contribution >= 0.6 is 11.3 Å². The summed E-state index contributed by atoms with van der Waals surface area (Å²) in [5.41, 5.74) is 5.94. The highest BCUT2D eigenvalue weighted by Crippen LogP contribution is 2.34. The predicted molar refractivity (Wildman–Crippen MR) is 109 cm³/mol. The molecule has 150 valence electrons. The Labute approximate surface area is 170 Å². The van der Waals surface area contributed by atoms with Crippen LogP contribution in [0.4, 0.5) is 0 Å². The second-order valence-electron chi connectivity index (χ2n) is 8.70. The number of carbonyl (C=O) groups is 1. The molecule has 0 aromatic carbocycles. The van der Waals surface area contributed by atoms with Crippen molar-refractivity contribution in [3.8, 4) is 0 Å². The summed E-state index contributed by atoms with van der Waals surface area (Å²) < 4.78 is 2.17. The zero-order valence-electron chi connectivity index (χ0n) is 16.6. The molecule has 1 amide bonds. The molecule has 2 aromatic heterocycles. The Morgan fingerprint density at radius 3 is 2.82 bits per heavy atom. The highest BCUT2D eigenvalue weighted by Gasteiger charge is 2.34. The van der Waals surface area contributed by atoms with Crippen LogP contribution in [0.3, 0.4) is 0 Å². The molecule has 0 unspecified atom stereocenters. The van der Waals surface area contributed by atoms with Crippen molar-refractivity contribution in [2.75, 3.05) is 13.6 Å². The molecule has 0 bridgehead atoms. The molecule has 0 N–H and O–H groups in total. The van der Waals surface area contributed by atoms with E-state index in [9.17, 15) is 4.79 Å². The maximum atomic E-state index is 13.3. The van der Waals surface area contributed by atoms with E-state index in [-0.39, 0.29) is 5.91 Å². The van der Waals surface area contributed by atoms with Crippen molar-refractivity contribution in [1.29, 1.82) is 0 Å². The van der Waals surface area contributed by atoms with Gasteiger partial charge in [0.15, 0.2) is 5.69 Å². The number of nitrogens with zero attached hydrogens (tertiary/aromatic N) is 5. The van der Waals surface area contributed by atoms with Gasteiger partial charge in [-0.3, -0.25) is 14.4 Å². The molecule has 2 fully saturated rings. The van der Waals surface area contributed by atoms with E-state index in [1.54, 1.807) is 16.2 Å². The lowest BCUT2D eigenvalue weighted by molar-refractivity contribution is 0.0773. The third kappa shape index (κ3) is 3.62. The Morgan fingerprint density at radius 1 is 1.29 bits per heavy atom. The van der Waals surface area contributed by atoms with Gasteiger partial charge < -0.3 is 4.90 Å². The summed E-state index contributed by atoms with van der Waals surface area (Å²) >= 11 is 1.57. The van der Waals surface area contributed by atoms with Gasteiger partial charge in [0.2, 0.25) is 0 Å². The van der Waals surface area contributed by atoms with Crippen molar-refractivity contribution in [2.24, 2.45) is 5.92 Å². The lowest BCUT2D eigenvalue weighted by atomic mass is 10.0. The molecule has 0 spiro atoms. The van der Waals surface area contributed by atoms with E-state index in [4.69, 9.17) is 5.10 Å². The number of thiazole rings is 1. The summed E-state index contributed by atoms with van der Waals surface area (Å²) in [5.74, 6) is 0.791. The zero-order chi connectivity index (χ0) is 19.1. The molecule has 5 rings (SSSR count). The molecule has 0 atom stereocenters. The molecule has 2 aromatic rings. The van der Waals surface area contributed by atoms with Crippen LogP contribution in [0.25, 0.3) is 0 Å². The first kappa shape index (κ1) is 18.3. The van der Waals surface area contributed by atoms with Gasteiger partial charge in [0, 0.05) is 55.8 Å². The first-order chi connectivity index (χ1) is 13.7.